The van der Waals surface area contributed by atoms with E-state index in [0.29, 0.717) is 11.1 Å². The van der Waals surface area contributed by atoms with Gasteiger partial charge in [-0.05, 0) is 23.8 Å². The molecule has 0 bridgehead atoms. The summed E-state index contributed by atoms with van der Waals surface area (Å²) in [7, 11) is -3.84. The molecule has 0 fully saturated rings. The Kier molecular flexibility index (Phi) is 4.34. The molecular weight excluding hydrogens is 355 g/mol. The normalized spacial score (nSPS) is 13.9. The highest BCUT2D eigenvalue weighted by Crippen LogP contribution is 2.35. The predicted molar refractivity (Wildman–Crippen MR) is 87.5 cm³/mol. The zero-order valence-electron chi connectivity index (χ0n) is 13.0. The molecule has 25 heavy (non-hydrogen) atoms. The van der Waals surface area contributed by atoms with Crippen molar-refractivity contribution in [1.82, 2.24) is 4.98 Å². The highest BCUT2D eigenvalue weighted by Gasteiger charge is 2.31. The maximum absolute atomic E-state index is 12.7. The van der Waals surface area contributed by atoms with Crippen LogP contribution in [-0.4, -0.2) is 19.7 Å². The molecule has 3 rings (SSSR count). The maximum Gasteiger partial charge on any atom is 0.416 e. The number of H-pyrrole nitrogens is 1. The molecule has 2 aromatic carbocycles. The van der Waals surface area contributed by atoms with E-state index in [1.165, 1.54) is 12.1 Å². The van der Waals surface area contributed by atoms with Crippen LogP contribution in [0, 0.1) is 0 Å². The second-order valence-electron chi connectivity index (χ2n) is 5.59. The van der Waals surface area contributed by atoms with Crippen molar-refractivity contribution in [2.45, 2.75) is 12.3 Å². The van der Waals surface area contributed by atoms with Gasteiger partial charge in [-0.3, -0.25) is 4.18 Å². The van der Waals surface area contributed by atoms with Crippen molar-refractivity contribution in [2.24, 2.45) is 0 Å². The molecule has 0 aliphatic rings. The lowest BCUT2D eigenvalue weighted by Crippen LogP contribution is -2.12. The first kappa shape index (κ1) is 17.5. The molecule has 0 amide bonds. The van der Waals surface area contributed by atoms with Crippen LogP contribution in [0.1, 0.15) is 22.8 Å². The van der Waals surface area contributed by atoms with Crippen LogP contribution in [0.15, 0.2) is 54.7 Å². The van der Waals surface area contributed by atoms with Crippen molar-refractivity contribution in [3.8, 4) is 0 Å². The van der Waals surface area contributed by atoms with E-state index in [1.54, 1.807) is 18.3 Å². The lowest BCUT2D eigenvalue weighted by atomic mass is 10.00. The van der Waals surface area contributed by atoms with E-state index in [0.717, 1.165) is 29.3 Å². The lowest BCUT2D eigenvalue weighted by Gasteiger charge is -2.17. The molecule has 1 atom stereocenters. The van der Waals surface area contributed by atoms with Gasteiger partial charge in [0, 0.05) is 22.7 Å². The Bertz CT molecular complexity index is 992. The van der Waals surface area contributed by atoms with Gasteiger partial charge in [0.1, 0.15) is 6.10 Å². The summed E-state index contributed by atoms with van der Waals surface area (Å²) in [5.41, 5.74) is 0.795. The molecule has 0 aliphatic carbocycles. The van der Waals surface area contributed by atoms with E-state index in [1.807, 2.05) is 12.1 Å². The third kappa shape index (κ3) is 3.85. The Morgan fingerprint density at radius 3 is 2.28 bits per heavy atom. The summed E-state index contributed by atoms with van der Waals surface area (Å²) >= 11 is 0. The molecule has 132 valence electrons. The van der Waals surface area contributed by atoms with Crippen molar-refractivity contribution in [1.29, 1.82) is 0 Å². The summed E-state index contributed by atoms with van der Waals surface area (Å²) in [6.45, 7) is 0. The molecule has 1 heterocycles. The van der Waals surface area contributed by atoms with Crippen LogP contribution < -0.4 is 0 Å². The summed E-state index contributed by atoms with van der Waals surface area (Å²) in [5, 5.41) is 0.732. The monoisotopic (exact) mass is 369 g/mol. The fourth-order valence-corrected chi connectivity index (χ4v) is 3.18. The minimum Gasteiger partial charge on any atom is -0.361 e. The largest absolute Gasteiger partial charge is 0.416 e. The number of halogens is 3. The van der Waals surface area contributed by atoms with Gasteiger partial charge in [0.2, 0.25) is 0 Å². The number of nitrogens with one attached hydrogen (secondary N) is 1. The van der Waals surface area contributed by atoms with Gasteiger partial charge < -0.3 is 4.98 Å². The molecule has 1 N–H and O–H groups in total. The number of aromatic amines is 1. The zero-order valence-corrected chi connectivity index (χ0v) is 13.9. The Labute approximate surface area is 142 Å². The Balaban J connectivity index is 2.09. The van der Waals surface area contributed by atoms with Crippen LogP contribution in [0.4, 0.5) is 13.2 Å². The Hall–Kier alpha value is -2.32. The van der Waals surface area contributed by atoms with Gasteiger partial charge in [-0.1, -0.05) is 30.3 Å². The molecule has 0 aliphatic heterocycles. The van der Waals surface area contributed by atoms with Crippen LogP contribution in [0.3, 0.4) is 0 Å². The molecule has 4 nitrogen and oxygen atoms in total. The molecule has 1 aromatic heterocycles. The van der Waals surface area contributed by atoms with Gasteiger partial charge in [0.15, 0.2) is 0 Å². The average molecular weight is 369 g/mol. The third-order valence-electron chi connectivity index (χ3n) is 3.72. The molecule has 0 saturated heterocycles. The minimum atomic E-state index is -4.47. The zero-order chi connectivity index (χ0) is 18.2. The second-order valence-corrected chi connectivity index (χ2v) is 7.19. The standard InChI is InChI=1S/C17H14F3NO3S/c1-25(22,23)24-16(11-6-8-12(9-7-11)17(18,19)20)14-10-21-15-5-3-2-4-13(14)15/h2-10,16,21H,1H3. The van der Waals surface area contributed by atoms with Gasteiger partial charge >= 0.3 is 6.18 Å². The fraction of sp³-hybridized carbons (Fsp3) is 0.176. The van der Waals surface area contributed by atoms with Crippen molar-refractivity contribution < 1.29 is 25.8 Å². The molecule has 0 spiro atoms. The fourth-order valence-electron chi connectivity index (χ4n) is 2.62. The number of para-hydroxylation sites is 1. The predicted octanol–water partition coefficient (Wildman–Crippen LogP) is 4.25. The number of hydrogen-bond acceptors (Lipinski definition) is 3. The molecule has 3 aromatic rings. The molecule has 0 radical (unpaired) electrons. The van der Waals surface area contributed by atoms with Crippen LogP contribution in [0.5, 0.6) is 0 Å². The van der Waals surface area contributed by atoms with E-state index in [9.17, 15) is 21.6 Å². The van der Waals surface area contributed by atoms with Gasteiger partial charge in [-0.25, -0.2) is 0 Å². The molecule has 0 saturated carbocycles. The number of benzene rings is 2. The van der Waals surface area contributed by atoms with Crippen LogP contribution >= 0.6 is 0 Å². The smallest absolute Gasteiger partial charge is 0.361 e. The quantitative estimate of drug-likeness (QED) is 0.700. The van der Waals surface area contributed by atoms with E-state index in [4.69, 9.17) is 4.18 Å². The molecule has 1 unspecified atom stereocenters. The van der Waals surface area contributed by atoms with Crippen LogP contribution in [-0.2, 0) is 20.5 Å². The summed E-state index contributed by atoms with van der Waals surface area (Å²) in [6, 6.07) is 11.4. The van der Waals surface area contributed by atoms with E-state index >= 15 is 0 Å². The first-order valence-electron chi connectivity index (χ1n) is 7.26. The Morgan fingerprint density at radius 2 is 1.68 bits per heavy atom. The molecular formula is C17H14F3NO3S. The highest BCUT2D eigenvalue weighted by atomic mass is 32.2. The average Bonchev–Trinajstić information content (AvgIpc) is 2.95. The maximum atomic E-state index is 12.7. The van der Waals surface area contributed by atoms with Gasteiger partial charge in [-0.2, -0.15) is 21.6 Å². The topological polar surface area (TPSA) is 59.2 Å². The number of fused-ring (bicyclic) bond motifs is 1. The summed E-state index contributed by atoms with van der Waals surface area (Å²) in [4.78, 5) is 3.00. The number of rotatable bonds is 4. The second kappa shape index (κ2) is 6.20. The SMILES string of the molecule is CS(=O)(=O)OC(c1ccc(C(F)(F)F)cc1)c1c[nH]c2ccccc12. The lowest BCUT2D eigenvalue weighted by molar-refractivity contribution is -0.137. The first-order valence-corrected chi connectivity index (χ1v) is 9.08. The van der Waals surface area contributed by atoms with E-state index < -0.39 is 28.0 Å². The summed E-state index contributed by atoms with van der Waals surface area (Å²) in [5.74, 6) is 0. The van der Waals surface area contributed by atoms with Crippen molar-refractivity contribution in [3.63, 3.8) is 0 Å². The van der Waals surface area contributed by atoms with Crippen molar-refractivity contribution >= 4 is 21.0 Å². The van der Waals surface area contributed by atoms with E-state index in [2.05, 4.69) is 4.98 Å². The van der Waals surface area contributed by atoms with Crippen molar-refractivity contribution in [2.75, 3.05) is 6.26 Å². The van der Waals surface area contributed by atoms with Crippen LogP contribution in [0.2, 0.25) is 0 Å². The first-order chi connectivity index (χ1) is 11.6. The molecule has 8 heteroatoms. The Morgan fingerprint density at radius 1 is 1.04 bits per heavy atom. The number of hydrogen-bond donors (Lipinski definition) is 1. The van der Waals surface area contributed by atoms with Gasteiger partial charge in [-0.15, -0.1) is 0 Å². The van der Waals surface area contributed by atoms with Crippen LogP contribution in [0.25, 0.3) is 10.9 Å². The van der Waals surface area contributed by atoms with Gasteiger partial charge in [0.25, 0.3) is 10.1 Å². The number of alkyl halides is 3. The number of aromatic nitrogens is 1. The highest BCUT2D eigenvalue weighted by molar-refractivity contribution is 7.86. The van der Waals surface area contributed by atoms with E-state index in [-0.39, 0.29) is 0 Å². The minimum absolute atomic E-state index is 0.308. The van der Waals surface area contributed by atoms with Crippen molar-refractivity contribution in [3.05, 3.63) is 71.4 Å². The summed E-state index contributed by atoms with van der Waals surface area (Å²) in [6.07, 6.45) is -3.02. The summed E-state index contributed by atoms with van der Waals surface area (Å²) < 4.78 is 66.7. The van der Waals surface area contributed by atoms with Gasteiger partial charge in [0.05, 0.1) is 11.8 Å². The third-order valence-corrected chi connectivity index (χ3v) is 4.26.